The third kappa shape index (κ3) is 4.12. The van der Waals surface area contributed by atoms with Crippen LogP contribution in [-0.2, 0) is 20.0 Å². The van der Waals surface area contributed by atoms with Gasteiger partial charge in [-0.1, -0.05) is 84.9 Å². The largest absolute Gasteiger partial charge is 0.278 e. The molecule has 5 aromatic rings. The second kappa shape index (κ2) is 9.34. The van der Waals surface area contributed by atoms with Crippen LogP contribution in [0.25, 0.3) is 22.0 Å². The first kappa shape index (κ1) is 24.5. The number of carbonyl (C=O) groups excluding carboxylic acids is 1. The number of hydrogen-bond acceptors (Lipinski definition) is 5. The summed E-state index contributed by atoms with van der Waals surface area (Å²) in [4.78, 5) is 12.6. The lowest BCUT2D eigenvalue weighted by atomic mass is 10.0. The van der Waals surface area contributed by atoms with E-state index in [-0.39, 0.29) is 15.6 Å². The highest BCUT2D eigenvalue weighted by Gasteiger charge is 2.42. The van der Waals surface area contributed by atoms with Gasteiger partial charge in [0.25, 0.3) is 20.0 Å². The second-order valence-corrected chi connectivity index (χ2v) is 12.1. The van der Waals surface area contributed by atoms with Crippen LogP contribution >= 0.6 is 0 Å². The number of fused-ring (bicyclic) bond motifs is 1. The molecule has 0 unspecified atom stereocenters. The molecule has 0 saturated carbocycles. The highest BCUT2D eigenvalue weighted by atomic mass is 32.3. The molecule has 0 spiro atoms. The quantitative estimate of drug-likeness (QED) is 0.287. The lowest BCUT2D eigenvalue weighted by Gasteiger charge is -2.26. The van der Waals surface area contributed by atoms with Crippen molar-refractivity contribution in [1.29, 1.82) is 0 Å². The van der Waals surface area contributed by atoms with Gasteiger partial charge in [0.2, 0.25) is 5.91 Å². The Morgan fingerprint density at radius 1 is 0.622 bits per heavy atom. The number of anilines is 1. The molecule has 0 bridgehead atoms. The maximum absolute atomic E-state index is 14.2. The Morgan fingerprint density at radius 2 is 1.05 bits per heavy atom. The Balaban J connectivity index is 1.99. The van der Waals surface area contributed by atoms with Gasteiger partial charge in [-0.25, -0.2) is 0 Å². The number of para-hydroxylation sites is 1. The van der Waals surface area contributed by atoms with Crippen molar-refractivity contribution in [2.24, 2.45) is 0 Å². The first-order chi connectivity index (χ1) is 17.7. The number of carbonyl (C=O) groups is 1. The molecule has 5 rings (SSSR count). The molecule has 1 heterocycles. The number of aromatic nitrogens is 1. The topological polar surface area (TPSA) is 93.5 Å². The average molecular weight is 531 g/mol. The smallest absolute Gasteiger partial charge is 0.274 e. The standard InChI is InChI=1S/C28H22N2O5S2/c1-21(31)29-26-20-12-11-19-25(26)27(22-13-5-2-6-14-22)28(29)30(36(32,33)23-15-7-3-8-16-23)37(34,35)24-17-9-4-10-18-24/h2-20H,1H3. The van der Waals surface area contributed by atoms with Crippen LogP contribution in [0.2, 0.25) is 0 Å². The minimum absolute atomic E-state index is 0.228. The molecule has 37 heavy (non-hydrogen) atoms. The molecule has 0 atom stereocenters. The number of rotatable bonds is 6. The van der Waals surface area contributed by atoms with Gasteiger partial charge in [0.05, 0.1) is 15.3 Å². The zero-order valence-corrected chi connectivity index (χ0v) is 21.4. The van der Waals surface area contributed by atoms with E-state index in [0.29, 0.717) is 25.7 Å². The van der Waals surface area contributed by atoms with Crippen LogP contribution in [0.5, 0.6) is 0 Å². The van der Waals surface area contributed by atoms with Gasteiger partial charge >= 0.3 is 0 Å². The molecule has 186 valence electrons. The molecule has 0 N–H and O–H groups in total. The van der Waals surface area contributed by atoms with E-state index in [4.69, 9.17) is 0 Å². The summed E-state index contributed by atoms with van der Waals surface area (Å²) in [7, 11) is -9.44. The fourth-order valence-corrected chi connectivity index (χ4v) is 8.08. The Hall–Kier alpha value is -4.21. The molecular weight excluding hydrogens is 508 g/mol. The van der Waals surface area contributed by atoms with Crippen molar-refractivity contribution in [2.75, 3.05) is 3.71 Å². The lowest BCUT2D eigenvalue weighted by Crippen LogP contribution is -2.39. The van der Waals surface area contributed by atoms with Crippen molar-refractivity contribution < 1.29 is 21.6 Å². The Labute approximate surface area is 215 Å². The van der Waals surface area contributed by atoms with E-state index in [9.17, 15) is 21.6 Å². The Kier molecular flexibility index (Phi) is 6.18. The molecule has 1 aromatic heterocycles. The first-order valence-corrected chi connectivity index (χ1v) is 14.2. The van der Waals surface area contributed by atoms with Crippen molar-refractivity contribution >= 4 is 42.7 Å². The molecule has 0 aliphatic heterocycles. The van der Waals surface area contributed by atoms with Gasteiger partial charge in [-0.05, 0) is 35.9 Å². The molecule has 0 amide bonds. The summed E-state index contributed by atoms with van der Waals surface area (Å²) < 4.78 is 58.4. The van der Waals surface area contributed by atoms with E-state index >= 15 is 0 Å². The van der Waals surface area contributed by atoms with Crippen LogP contribution in [0, 0.1) is 0 Å². The maximum Gasteiger partial charge on any atom is 0.278 e. The zero-order valence-electron chi connectivity index (χ0n) is 19.7. The fraction of sp³-hybridized carbons (Fsp3) is 0.0357. The van der Waals surface area contributed by atoms with Crippen molar-refractivity contribution in [3.05, 3.63) is 115 Å². The van der Waals surface area contributed by atoms with Crippen molar-refractivity contribution in [3.8, 4) is 11.1 Å². The number of nitrogens with zero attached hydrogens (tertiary/aromatic N) is 2. The number of sulfonamides is 2. The van der Waals surface area contributed by atoms with Gasteiger partial charge in [0.15, 0.2) is 5.82 Å². The van der Waals surface area contributed by atoms with Crippen LogP contribution in [0.4, 0.5) is 5.82 Å². The van der Waals surface area contributed by atoms with E-state index in [1.165, 1.54) is 55.5 Å². The van der Waals surface area contributed by atoms with Crippen LogP contribution < -0.4 is 3.71 Å². The van der Waals surface area contributed by atoms with Crippen molar-refractivity contribution in [2.45, 2.75) is 16.7 Å². The molecular formula is C28H22N2O5S2. The molecule has 0 fully saturated rings. The van der Waals surface area contributed by atoms with E-state index in [1.54, 1.807) is 66.7 Å². The van der Waals surface area contributed by atoms with Crippen LogP contribution in [-0.4, -0.2) is 27.3 Å². The number of hydrogen-bond donors (Lipinski definition) is 0. The van der Waals surface area contributed by atoms with E-state index in [1.807, 2.05) is 0 Å². The normalized spacial score (nSPS) is 11.9. The van der Waals surface area contributed by atoms with Gasteiger partial charge in [0.1, 0.15) is 0 Å². The Bertz CT molecular complexity index is 1750. The van der Waals surface area contributed by atoms with Crippen molar-refractivity contribution in [1.82, 2.24) is 4.57 Å². The monoisotopic (exact) mass is 530 g/mol. The second-order valence-electron chi connectivity index (χ2n) is 8.27. The van der Waals surface area contributed by atoms with Crippen LogP contribution in [0.1, 0.15) is 11.7 Å². The molecule has 0 aliphatic rings. The third-order valence-corrected chi connectivity index (χ3v) is 10.1. The summed E-state index contributed by atoms with van der Waals surface area (Å²) in [5.41, 5.74) is 1.26. The SMILES string of the molecule is CC(=O)n1c(N(S(=O)(=O)c2ccccc2)S(=O)(=O)c2ccccc2)c(-c2ccccc2)c2ccccc21. The number of benzene rings is 4. The lowest BCUT2D eigenvalue weighted by molar-refractivity contribution is 0.0944. The third-order valence-electron chi connectivity index (χ3n) is 5.92. The molecule has 9 heteroatoms. The fourth-order valence-electron chi connectivity index (χ4n) is 4.34. The molecule has 0 saturated heterocycles. The molecule has 4 aromatic carbocycles. The highest BCUT2D eigenvalue weighted by molar-refractivity contribution is 8.10. The Morgan fingerprint density at radius 3 is 1.54 bits per heavy atom. The van der Waals surface area contributed by atoms with Crippen LogP contribution in [0.15, 0.2) is 125 Å². The first-order valence-electron chi connectivity index (χ1n) is 11.3. The van der Waals surface area contributed by atoms with Gasteiger partial charge in [-0.2, -0.15) is 16.8 Å². The van der Waals surface area contributed by atoms with Gasteiger partial charge in [-0.15, -0.1) is 3.71 Å². The summed E-state index contributed by atoms with van der Waals surface area (Å²) in [5.74, 6) is -0.808. The van der Waals surface area contributed by atoms with Gasteiger partial charge in [-0.3, -0.25) is 9.36 Å². The van der Waals surface area contributed by atoms with Gasteiger partial charge in [0, 0.05) is 17.9 Å². The minimum Gasteiger partial charge on any atom is -0.274 e. The highest BCUT2D eigenvalue weighted by Crippen LogP contribution is 2.44. The van der Waals surface area contributed by atoms with Crippen LogP contribution in [0.3, 0.4) is 0 Å². The predicted molar refractivity (Wildman–Crippen MR) is 143 cm³/mol. The average Bonchev–Trinajstić information content (AvgIpc) is 3.24. The maximum atomic E-state index is 14.2. The summed E-state index contributed by atoms with van der Waals surface area (Å²) in [6.07, 6.45) is 0. The van der Waals surface area contributed by atoms with Gasteiger partial charge < -0.3 is 0 Å². The van der Waals surface area contributed by atoms with Crippen molar-refractivity contribution in [3.63, 3.8) is 0 Å². The summed E-state index contributed by atoms with van der Waals surface area (Å²) >= 11 is 0. The zero-order chi connectivity index (χ0) is 26.2. The summed E-state index contributed by atoms with van der Waals surface area (Å²) in [5, 5.41) is 0.537. The minimum atomic E-state index is -4.72. The molecule has 0 radical (unpaired) electrons. The summed E-state index contributed by atoms with van der Waals surface area (Å²) in [6.45, 7) is 1.27. The van der Waals surface area contributed by atoms with E-state index in [2.05, 4.69) is 0 Å². The van der Waals surface area contributed by atoms with E-state index < -0.39 is 26.0 Å². The molecule has 0 aliphatic carbocycles. The molecule has 7 nitrogen and oxygen atoms in total. The van der Waals surface area contributed by atoms with E-state index in [0.717, 1.165) is 4.57 Å². The predicted octanol–water partition coefficient (Wildman–Crippen LogP) is 5.55. The summed E-state index contributed by atoms with van der Waals surface area (Å²) in [6, 6.07) is 30.3.